The van der Waals surface area contributed by atoms with E-state index in [0.717, 1.165) is 4.47 Å². The number of carbonyl (C=O) groups is 2. The molecule has 1 aromatic rings. The van der Waals surface area contributed by atoms with E-state index >= 15 is 0 Å². The quantitative estimate of drug-likeness (QED) is 0.687. The molecule has 5 heteroatoms. The van der Waals surface area contributed by atoms with Crippen LogP contribution < -0.4 is 5.32 Å². The van der Waals surface area contributed by atoms with E-state index in [-0.39, 0.29) is 5.91 Å². The number of halogens is 1. The predicted octanol–water partition coefficient (Wildman–Crippen LogP) is 2.65. The molecule has 0 aliphatic heterocycles. The molecule has 0 aromatic heterocycles. The van der Waals surface area contributed by atoms with Gasteiger partial charge in [0, 0.05) is 21.8 Å². The molecular weight excluding hydrogens is 298 g/mol. The first-order valence-electron chi connectivity index (χ1n) is 5.45. The second kappa shape index (κ2) is 6.96. The van der Waals surface area contributed by atoms with E-state index in [4.69, 9.17) is 4.74 Å². The number of benzene rings is 1. The molecule has 0 saturated heterocycles. The maximum atomic E-state index is 11.8. The molecule has 0 spiro atoms. The Labute approximate surface area is 114 Å². The summed E-state index contributed by atoms with van der Waals surface area (Å²) in [5, 5.41) is 2.61. The Morgan fingerprint density at radius 3 is 2.78 bits per heavy atom. The Hall–Kier alpha value is -1.62. The minimum Gasteiger partial charge on any atom is -0.463 e. The number of esters is 1. The highest BCUT2D eigenvalue weighted by molar-refractivity contribution is 9.10. The lowest BCUT2D eigenvalue weighted by Gasteiger charge is -2.05. The van der Waals surface area contributed by atoms with E-state index in [1.807, 2.05) is 6.07 Å². The first-order valence-corrected chi connectivity index (χ1v) is 6.24. The van der Waals surface area contributed by atoms with Crippen LogP contribution in [0.25, 0.3) is 0 Å². The molecule has 0 aliphatic carbocycles. The first kappa shape index (κ1) is 14.4. The molecule has 1 aromatic carbocycles. The maximum absolute atomic E-state index is 11.8. The summed E-state index contributed by atoms with van der Waals surface area (Å²) in [4.78, 5) is 23.0. The molecular formula is C13H14BrNO3. The van der Waals surface area contributed by atoms with Crippen LogP contribution in [0.3, 0.4) is 0 Å². The standard InChI is InChI=1S/C13H14BrNO3/c1-3-18-12(16)7-9(2)15-13(17)10-5-4-6-11(14)8-10/h4-8H,3H2,1-2H3,(H,15,17). The lowest BCUT2D eigenvalue weighted by atomic mass is 10.2. The number of amides is 1. The van der Waals surface area contributed by atoms with E-state index in [1.165, 1.54) is 6.08 Å². The SMILES string of the molecule is CCOC(=O)C=C(C)NC(=O)c1cccc(Br)c1. The van der Waals surface area contributed by atoms with Crippen LogP contribution in [0.2, 0.25) is 0 Å². The monoisotopic (exact) mass is 311 g/mol. The number of rotatable bonds is 4. The predicted molar refractivity (Wildman–Crippen MR) is 72.0 cm³/mol. The molecule has 0 saturated carbocycles. The zero-order valence-electron chi connectivity index (χ0n) is 10.2. The van der Waals surface area contributed by atoms with Crippen molar-refractivity contribution in [3.05, 3.63) is 46.1 Å². The average Bonchev–Trinajstić information content (AvgIpc) is 2.28. The number of hydrogen-bond donors (Lipinski definition) is 1. The molecule has 0 radical (unpaired) electrons. The van der Waals surface area contributed by atoms with Gasteiger partial charge in [0.05, 0.1) is 6.61 Å². The van der Waals surface area contributed by atoms with Crippen LogP contribution >= 0.6 is 15.9 Å². The molecule has 0 aliphatic rings. The number of carbonyl (C=O) groups excluding carboxylic acids is 2. The van der Waals surface area contributed by atoms with Gasteiger partial charge in [0.1, 0.15) is 0 Å². The first-order chi connectivity index (χ1) is 8.52. The number of ether oxygens (including phenoxy) is 1. The lowest BCUT2D eigenvalue weighted by molar-refractivity contribution is -0.137. The molecule has 1 rings (SSSR count). The summed E-state index contributed by atoms with van der Waals surface area (Å²) in [7, 11) is 0. The molecule has 0 fully saturated rings. The van der Waals surface area contributed by atoms with Crippen molar-refractivity contribution in [1.29, 1.82) is 0 Å². The summed E-state index contributed by atoms with van der Waals surface area (Å²) in [6, 6.07) is 6.99. The summed E-state index contributed by atoms with van der Waals surface area (Å²) in [6.07, 6.45) is 1.25. The smallest absolute Gasteiger partial charge is 0.332 e. The molecule has 0 bridgehead atoms. The molecule has 0 heterocycles. The second-order valence-corrected chi connectivity index (χ2v) is 4.46. The summed E-state index contributed by atoms with van der Waals surface area (Å²) in [5.41, 5.74) is 0.958. The number of hydrogen-bond acceptors (Lipinski definition) is 3. The van der Waals surface area contributed by atoms with Crippen molar-refractivity contribution in [3.63, 3.8) is 0 Å². The minimum atomic E-state index is -0.468. The van der Waals surface area contributed by atoms with Crippen LogP contribution in [-0.4, -0.2) is 18.5 Å². The van der Waals surface area contributed by atoms with E-state index in [1.54, 1.807) is 32.0 Å². The zero-order valence-corrected chi connectivity index (χ0v) is 11.8. The van der Waals surface area contributed by atoms with Gasteiger partial charge in [0.15, 0.2) is 0 Å². The Morgan fingerprint density at radius 2 is 2.17 bits per heavy atom. The van der Waals surface area contributed by atoms with Crippen molar-refractivity contribution in [2.45, 2.75) is 13.8 Å². The van der Waals surface area contributed by atoms with Crippen molar-refractivity contribution in [2.24, 2.45) is 0 Å². The summed E-state index contributed by atoms with van der Waals surface area (Å²) >= 11 is 3.29. The molecule has 96 valence electrons. The number of allylic oxidation sites excluding steroid dienone is 1. The molecule has 0 atom stereocenters. The fourth-order valence-electron chi connectivity index (χ4n) is 1.28. The minimum absolute atomic E-state index is 0.269. The van der Waals surface area contributed by atoms with Gasteiger partial charge in [0.25, 0.3) is 5.91 Å². The van der Waals surface area contributed by atoms with E-state index in [9.17, 15) is 9.59 Å². The third-order valence-electron chi connectivity index (χ3n) is 2.02. The van der Waals surface area contributed by atoms with Crippen LogP contribution in [0.15, 0.2) is 40.5 Å². The van der Waals surface area contributed by atoms with Gasteiger partial charge in [-0.25, -0.2) is 4.79 Å². The van der Waals surface area contributed by atoms with E-state index < -0.39 is 5.97 Å². The third kappa shape index (κ3) is 4.71. The molecule has 0 unspecified atom stereocenters. The Bertz CT molecular complexity index is 483. The van der Waals surface area contributed by atoms with Crippen molar-refractivity contribution in [2.75, 3.05) is 6.61 Å². The van der Waals surface area contributed by atoms with Crippen LogP contribution in [0.4, 0.5) is 0 Å². The van der Waals surface area contributed by atoms with Gasteiger partial charge in [-0.3, -0.25) is 4.79 Å². The summed E-state index contributed by atoms with van der Waals surface area (Å²) in [5.74, 6) is -0.737. The van der Waals surface area contributed by atoms with Crippen LogP contribution in [0.5, 0.6) is 0 Å². The highest BCUT2D eigenvalue weighted by atomic mass is 79.9. The van der Waals surface area contributed by atoms with Gasteiger partial charge in [-0.05, 0) is 32.0 Å². The van der Waals surface area contributed by atoms with Crippen molar-refractivity contribution >= 4 is 27.8 Å². The van der Waals surface area contributed by atoms with Gasteiger partial charge in [-0.15, -0.1) is 0 Å². The lowest BCUT2D eigenvalue weighted by Crippen LogP contribution is -2.22. The third-order valence-corrected chi connectivity index (χ3v) is 2.51. The Balaban J connectivity index is 2.68. The van der Waals surface area contributed by atoms with Gasteiger partial charge < -0.3 is 10.1 Å². The van der Waals surface area contributed by atoms with Gasteiger partial charge in [-0.1, -0.05) is 22.0 Å². The maximum Gasteiger partial charge on any atom is 0.332 e. The summed E-state index contributed by atoms with van der Waals surface area (Å²) < 4.78 is 5.57. The number of nitrogens with one attached hydrogen (secondary N) is 1. The molecule has 18 heavy (non-hydrogen) atoms. The van der Waals surface area contributed by atoms with E-state index in [0.29, 0.717) is 17.9 Å². The van der Waals surface area contributed by atoms with E-state index in [2.05, 4.69) is 21.2 Å². The van der Waals surface area contributed by atoms with Crippen LogP contribution in [0.1, 0.15) is 24.2 Å². The van der Waals surface area contributed by atoms with Gasteiger partial charge >= 0.3 is 5.97 Å². The van der Waals surface area contributed by atoms with Gasteiger partial charge in [0.2, 0.25) is 0 Å². The second-order valence-electron chi connectivity index (χ2n) is 3.54. The highest BCUT2D eigenvalue weighted by Crippen LogP contribution is 2.11. The van der Waals surface area contributed by atoms with Crippen LogP contribution in [0, 0.1) is 0 Å². The Morgan fingerprint density at radius 1 is 1.44 bits per heavy atom. The fraction of sp³-hybridized carbons (Fsp3) is 0.231. The average molecular weight is 312 g/mol. The van der Waals surface area contributed by atoms with Gasteiger partial charge in [-0.2, -0.15) is 0 Å². The topological polar surface area (TPSA) is 55.4 Å². The van der Waals surface area contributed by atoms with Crippen LogP contribution in [-0.2, 0) is 9.53 Å². The fourth-order valence-corrected chi connectivity index (χ4v) is 1.68. The molecule has 1 N–H and O–H groups in total. The molecule has 4 nitrogen and oxygen atoms in total. The van der Waals surface area contributed by atoms with Crippen molar-refractivity contribution in [3.8, 4) is 0 Å². The zero-order chi connectivity index (χ0) is 13.5. The molecule has 1 amide bonds. The van der Waals surface area contributed by atoms with Crippen molar-refractivity contribution in [1.82, 2.24) is 5.32 Å². The largest absolute Gasteiger partial charge is 0.463 e. The Kier molecular flexibility index (Phi) is 5.58. The van der Waals surface area contributed by atoms with Crippen molar-refractivity contribution < 1.29 is 14.3 Å². The normalized spacial score (nSPS) is 10.9. The highest BCUT2D eigenvalue weighted by Gasteiger charge is 2.07. The summed E-state index contributed by atoms with van der Waals surface area (Å²) in [6.45, 7) is 3.66.